The molecule has 0 aliphatic heterocycles. The number of carbonyl (C=O) groups excluding carboxylic acids is 1. The van der Waals surface area contributed by atoms with Crippen LogP contribution in [0, 0.1) is 5.41 Å². The van der Waals surface area contributed by atoms with Crippen LogP contribution in [0.5, 0.6) is 5.75 Å². The third kappa shape index (κ3) is 4.59. The third-order valence-electron chi connectivity index (χ3n) is 2.27. The number of primary amides is 1. The number of aromatic hydroxyl groups is 1. The Balaban J connectivity index is 0.000000191. The fourth-order valence-corrected chi connectivity index (χ4v) is 1.31. The number of phenols is 1. The van der Waals surface area contributed by atoms with Crippen molar-refractivity contribution in [3.63, 3.8) is 0 Å². The summed E-state index contributed by atoms with van der Waals surface area (Å²) in [6, 6.07) is 9.98. The number of benzene rings is 1. The summed E-state index contributed by atoms with van der Waals surface area (Å²) in [5.74, 6) is -0.243. The molecule has 0 bridgehead atoms. The molecule has 4 N–H and O–H groups in total. The Hall–Kier alpha value is -2.69. The molecular weight excluding hydrogens is 242 g/mol. The number of nitrogens with one attached hydrogen (secondary N) is 1. The Morgan fingerprint density at radius 3 is 2.16 bits per heavy atom. The smallest absolute Gasteiger partial charge is 0.248 e. The summed E-state index contributed by atoms with van der Waals surface area (Å²) in [7, 11) is 0. The summed E-state index contributed by atoms with van der Waals surface area (Å²) in [5.41, 5.74) is 6.42. The molecule has 1 amide bonds. The van der Waals surface area contributed by atoms with Crippen molar-refractivity contribution in [1.29, 1.82) is 5.41 Å². The van der Waals surface area contributed by atoms with Gasteiger partial charge in [0.05, 0.1) is 0 Å². The molecule has 19 heavy (non-hydrogen) atoms. The number of pyridine rings is 1. The Morgan fingerprint density at radius 1 is 1.21 bits per heavy atom. The van der Waals surface area contributed by atoms with E-state index in [0.29, 0.717) is 16.8 Å². The molecule has 0 unspecified atom stereocenters. The van der Waals surface area contributed by atoms with Crippen molar-refractivity contribution in [2.24, 2.45) is 5.73 Å². The zero-order valence-corrected chi connectivity index (χ0v) is 10.5. The van der Waals surface area contributed by atoms with Gasteiger partial charge < -0.3 is 16.2 Å². The lowest BCUT2D eigenvalue weighted by atomic mass is 10.1. The van der Waals surface area contributed by atoms with Gasteiger partial charge in [-0.2, -0.15) is 0 Å². The second kappa shape index (κ2) is 6.90. The molecule has 2 aromatic rings. The first-order chi connectivity index (χ1) is 9.02. The van der Waals surface area contributed by atoms with Gasteiger partial charge in [0.25, 0.3) is 0 Å². The molecule has 0 fully saturated rings. The Labute approximate surface area is 111 Å². The van der Waals surface area contributed by atoms with Gasteiger partial charge in [-0.05, 0) is 31.2 Å². The van der Waals surface area contributed by atoms with E-state index in [0.717, 1.165) is 0 Å². The largest absolute Gasteiger partial charge is 0.507 e. The van der Waals surface area contributed by atoms with Crippen molar-refractivity contribution in [2.45, 2.75) is 6.92 Å². The molecule has 0 radical (unpaired) electrons. The van der Waals surface area contributed by atoms with Crippen molar-refractivity contribution >= 4 is 11.6 Å². The Morgan fingerprint density at radius 2 is 1.79 bits per heavy atom. The van der Waals surface area contributed by atoms with Gasteiger partial charge in [0.2, 0.25) is 5.91 Å². The lowest BCUT2D eigenvalue weighted by Gasteiger charge is -1.98. The van der Waals surface area contributed by atoms with E-state index in [1.54, 1.807) is 43.3 Å². The quantitative estimate of drug-likeness (QED) is 0.717. The predicted molar refractivity (Wildman–Crippen MR) is 73.4 cm³/mol. The van der Waals surface area contributed by atoms with E-state index in [4.69, 9.17) is 16.2 Å². The van der Waals surface area contributed by atoms with Crippen LogP contribution in [0.3, 0.4) is 0 Å². The second-order valence-electron chi connectivity index (χ2n) is 3.74. The molecule has 98 valence electrons. The number of nitrogens with zero attached hydrogens (tertiary/aromatic N) is 1. The highest BCUT2D eigenvalue weighted by Crippen LogP contribution is 2.15. The van der Waals surface area contributed by atoms with Crippen LogP contribution in [0.15, 0.2) is 48.8 Å². The fraction of sp³-hybridized carbons (Fsp3) is 0.0714. The van der Waals surface area contributed by atoms with Gasteiger partial charge in [-0.15, -0.1) is 0 Å². The molecular formula is C14H15N3O2. The Bertz CT molecular complexity index is 568. The van der Waals surface area contributed by atoms with Crippen LogP contribution in [0.4, 0.5) is 0 Å². The number of hydrogen-bond acceptors (Lipinski definition) is 4. The van der Waals surface area contributed by atoms with E-state index < -0.39 is 5.91 Å². The van der Waals surface area contributed by atoms with Crippen LogP contribution in [0.1, 0.15) is 22.8 Å². The minimum absolute atomic E-state index is 0.176. The molecule has 0 saturated carbocycles. The SMILES string of the molecule is CC(=N)c1ccccc1O.NC(=O)c1ccncc1. The Kier molecular flexibility index (Phi) is 5.22. The van der Waals surface area contributed by atoms with E-state index in [1.807, 2.05) is 0 Å². The minimum Gasteiger partial charge on any atom is -0.507 e. The lowest BCUT2D eigenvalue weighted by molar-refractivity contribution is 0.1000. The topological polar surface area (TPSA) is 100 Å². The number of aromatic nitrogens is 1. The molecule has 0 atom stereocenters. The number of carbonyl (C=O) groups is 1. The van der Waals surface area contributed by atoms with Crippen molar-refractivity contribution in [3.05, 3.63) is 59.9 Å². The predicted octanol–water partition coefficient (Wildman–Crippen LogP) is 1.96. The average Bonchev–Trinajstić information content (AvgIpc) is 2.40. The summed E-state index contributed by atoms with van der Waals surface area (Å²) in [4.78, 5) is 14.1. The van der Waals surface area contributed by atoms with Crippen LogP contribution in [0.25, 0.3) is 0 Å². The van der Waals surface area contributed by atoms with E-state index >= 15 is 0 Å². The second-order valence-corrected chi connectivity index (χ2v) is 3.74. The highest BCUT2D eigenvalue weighted by Gasteiger charge is 1.98. The van der Waals surface area contributed by atoms with Crippen molar-refractivity contribution in [2.75, 3.05) is 0 Å². The monoisotopic (exact) mass is 257 g/mol. The van der Waals surface area contributed by atoms with Gasteiger partial charge in [-0.25, -0.2) is 0 Å². The first-order valence-electron chi connectivity index (χ1n) is 5.55. The van der Waals surface area contributed by atoms with Crippen molar-refractivity contribution in [3.8, 4) is 5.75 Å². The van der Waals surface area contributed by atoms with Crippen LogP contribution < -0.4 is 5.73 Å². The summed E-state index contributed by atoms with van der Waals surface area (Å²) in [6.07, 6.45) is 3.06. The normalized spacial score (nSPS) is 9.11. The molecule has 2 rings (SSSR count). The highest BCUT2D eigenvalue weighted by molar-refractivity contribution is 5.98. The van der Waals surface area contributed by atoms with E-state index in [2.05, 4.69) is 4.98 Å². The van der Waals surface area contributed by atoms with Crippen LogP contribution in [-0.4, -0.2) is 21.7 Å². The molecule has 1 aromatic heterocycles. The van der Waals surface area contributed by atoms with Crippen LogP contribution in [0.2, 0.25) is 0 Å². The summed E-state index contributed by atoms with van der Waals surface area (Å²) in [6.45, 7) is 1.65. The summed E-state index contributed by atoms with van der Waals surface area (Å²) in [5, 5.41) is 16.4. The minimum atomic E-state index is -0.419. The molecule has 5 heteroatoms. The first kappa shape index (κ1) is 14.4. The number of para-hydroxylation sites is 1. The zero-order valence-electron chi connectivity index (χ0n) is 10.5. The molecule has 1 heterocycles. The van der Waals surface area contributed by atoms with Gasteiger partial charge in [0, 0.05) is 29.2 Å². The molecule has 5 nitrogen and oxygen atoms in total. The number of hydrogen-bond donors (Lipinski definition) is 3. The highest BCUT2D eigenvalue weighted by atomic mass is 16.3. The van der Waals surface area contributed by atoms with E-state index in [9.17, 15) is 4.79 Å². The summed E-state index contributed by atoms with van der Waals surface area (Å²) >= 11 is 0. The molecule has 0 spiro atoms. The number of amides is 1. The third-order valence-corrected chi connectivity index (χ3v) is 2.27. The van der Waals surface area contributed by atoms with E-state index in [1.165, 1.54) is 12.4 Å². The number of rotatable bonds is 2. The maximum atomic E-state index is 10.4. The average molecular weight is 257 g/mol. The van der Waals surface area contributed by atoms with E-state index in [-0.39, 0.29) is 5.75 Å². The maximum Gasteiger partial charge on any atom is 0.248 e. The van der Waals surface area contributed by atoms with Gasteiger partial charge in [0.15, 0.2) is 0 Å². The lowest BCUT2D eigenvalue weighted by Crippen LogP contribution is -2.10. The van der Waals surface area contributed by atoms with Gasteiger partial charge in [0.1, 0.15) is 5.75 Å². The first-order valence-corrected chi connectivity index (χ1v) is 5.55. The van der Waals surface area contributed by atoms with Gasteiger partial charge in [-0.1, -0.05) is 12.1 Å². The van der Waals surface area contributed by atoms with Gasteiger partial charge in [-0.3, -0.25) is 9.78 Å². The van der Waals surface area contributed by atoms with Crippen LogP contribution >= 0.6 is 0 Å². The van der Waals surface area contributed by atoms with Crippen LogP contribution in [-0.2, 0) is 0 Å². The molecule has 0 aliphatic carbocycles. The van der Waals surface area contributed by atoms with Gasteiger partial charge >= 0.3 is 0 Å². The zero-order chi connectivity index (χ0) is 14.3. The fourth-order valence-electron chi connectivity index (χ4n) is 1.31. The number of phenolic OH excluding ortho intramolecular Hbond substituents is 1. The van der Waals surface area contributed by atoms with Crippen molar-refractivity contribution < 1.29 is 9.90 Å². The molecule has 0 saturated heterocycles. The molecule has 1 aromatic carbocycles. The molecule has 0 aliphatic rings. The van der Waals surface area contributed by atoms with Crippen molar-refractivity contribution in [1.82, 2.24) is 4.98 Å². The maximum absolute atomic E-state index is 10.4. The standard InChI is InChI=1S/C8H9NO.C6H6N2O/c1-6(9)7-4-2-3-5-8(7)10;7-6(9)5-1-3-8-4-2-5/h2-5,9-10H,1H3;1-4H,(H2,7,9). The number of nitrogens with two attached hydrogens (primary N) is 1. The summed E-state index contributed by atoms with van der Waals surface area (Å²) < 4.78 is 0.